The lowest BCUT2D eigenvalue weighted by Gasteiger charge is -2.60. The Hall–Kier alpha value is -0.740. The van der Waals surface area contributed by atoms with Gasteiger partial charge < -0.3 is 10.2 Å². The lowest BCUT2D eigenvalue weighted by molar-refractivity contribution is -0.187. The molecule has 4 aliphatic rings. The Labute approximate surface area is 150 Å². The minimum Gasteiger partial charge on any atom is -0.390 e. The molecule has 0 aromatic heterocycles. The van der Waals surface area contributed by atoms with Gasteiger partial charge in [0.25, 0.3) is 0 Å². The van der Waals surface area contributed by atoms with Crippen molar-refractivity contribution in [3.05, 3.63) is 0 Å². The zero-order valence-corrected chi connectivity index (χ0v) is 15.8. The third-order valence-corrected chi connectivity index (χ3v) is 9.18. The van der Waals surface area contributed by atoms with E-state index in [1.54, 1.807) is 6.92 Å². The second-order valence-corrected chi connectivity index (χ2v) is 9.93. The molecule has 4 rings (SSSR count). The molecule has 2 N–H and O–H groups in total. The van der Waals surface area contributed by atoms with Crippen LogP contribution in [0.15, 0.2) is 0 Å². The molecule has 25 heavy (non-hydrogen) atoms. The van der Waals surface area contributed by atoms with E-state index >= 15 is 0 Å². The van der Waals surface area contributed by atoms with E-state index in [4.69, 9.17) is 0 Å². The predicted molar refractivity (Wildman–Crippen MR) is 93.8 cm³/mol. The van der Waals surface area contributed by atoms with Crippen LogP contribution in [0.3, 0.4) is 0 Å². The number of carbonyl (C=O) groups excluding carboxylic acids is 2. The number of Topliss-reactive ketones (excluding diaryl/α,β-unsaturated/α-hetero) is 2. The van der Waals surface area contributed by atoms with Gasteiger partial charge in [-0.25, -0.2) is 0 Å². The molecule has 140 valence electrons. The van der Waals surface area contributed by atoms with Gasteiger partial charge in [-0.15, -0.1) is 0 Å². The second-order valence-electron chi connectivity index (χ2n) is 9.93. The van der Waals surface area contributed by atoms with Crippen molar-refractivity contribution in [1.29, 1.82) is 0 Å². The molecule has 0 heterocycles. The van der Waals surface area contributed by atoms with Crippen molar-refractivity contribution < 1.29 is 19.8 Å². The van der Waals surface area contributed by atoms with Crippen LogP contribution in [0.5, 0.6) is 0 Å². The van der Waals surface area contributed by atoms with Gasteiger partial charge in [0.05, 0.1) is 6.10 Å². The molecule has 0 saturated heterocycles. The molecule has 0 amide bonds. The summed E-state index contributed by atoms with van der Waals surface area (Å²) in [6, 6.07) is 0. The molecule has 4 aliphatic carbocycles. The zero-order chi connectivity index (χ0) is 18.2. The Morgan fingerprint density at radius 2 is 1.76 bits per heavy atom. The minimum atomic E-state index is -1.59. The van der Waals surface area contributed by atoms with Gasteiger partial charge in [0.15, 0.2) is 11.4 Å². The third-order valence-electron chi connectivity index (χ3n) is 9.18. The van der Waals surface area contributed by atoms with Crippen LogP contribution < -0.4 is 0 Å². The number of rotatable bonds is 1. The van der Waals surface area contributed by atoms with Gasteiger partial charge in [0.1, 0.15) is 5.78 Å². The van der Waals surface area contributed by atoms with Crippen LogP contribution in [0.1, 0.15) is 72.1 Å². The average Bonchev–Trinajstić information content (AvgIpc) is 2.77. The first-order valence-corrected chi connectivity index (χ1v) is 10.1. The van der Waals surface area contributed by atoms with E-state index in [1.807, 2.05) is 6.92 Å². The summed E-state index contributed by atoms with van der Waals surface area (Å²) in [6.07, 6.45) is 5.72. The maximum absolute atomic E-state index is 12.7. The first-order valence-electron chi connectivity index (χ1n) is 10.1. The summed E-state index contributed by atoms with van der Waals surface area (Å²) in [6.45, 7) is 5.97. The molecule has 4 fully saturated rings. The predicted octanol–water partition coefficient (Wildman–Crippen LogP) is 2.89. The SMILES string of the molecule is C[C@@H](O)[C@@]1(O)C(=O)C[C@H]2[C@@H]3CCC4CC(=O)CC[C@]4(C)[C@H]3CC[C@@]21C. The lowest BCUT2D eigenvalue weighted by Crippen LogP contribution is -2.60. The van der Waals surface area contributed by atoms with E-state index < -0.39 is 17.1 Å². The van der Waals surface area contributed by atoms with Crippen LogP contribution in [0.2, 0.25) is 0 Å². The van der Waals surface area contributed by atoms with Crippen molar-refractivity contribution in [2.24, 2.45) is 34.5 Å². The minimum absolute atomic E-state index is 0.161. The molecule has 0 aromatic rings. The van der Waals surface area contributed by atoms with E-state index in [0.29, 0.717) is 36.4 Å². The third kappa shape index (κ3) is 2.07. The normalized spacial score (nSPS) is 53.8. The molecule has 0 aromatic carbocycles. The number of aliphatic hydroxyl groups excluding tert-OH is 1. The van der Waals surface area contributed by atoms with Gasteiger partial charge in [0.2, 0.25) is 0 Å². The molecule has 8 atom stereocenters. The number of carbonyl (C=O) groups is 2. The smallest absolute Gasteiger partial charge is 0.167 e. The van der Waals surface area contributed by atoms with Crippen LogP contribution in [-0.4, -0.2) is 33.5 Å². The highest BCUT2D eigenvalue weighted by Gasteiger charge is 2.69. The Morgan fingerprint density at radius 3 is 2.44 bits per heavy atom. The average molecular weight is 348 g/mol. The van der Waals surface area contributed by atoms with Crippen LogP contribution in [0.25, 0.3) is 0 Å². The second kappa shape index (κ2) is 5.39. The van der Waals surface area contributed by atoms with E-state index in [0.717, 1.165) is 38.5 Å². The van der Waals surface area contributed by atoms with E-state index in [2.05, 4.69) is 6.92 Å². The summed E-state index contributed by atoms with van der Waals surface area (Å²) in [5.41, 5.74) is -1.91. The fourth-order valence-corrected chi connectivity index (χ4v) is 7.60. The topological polar surface area (TPSA) is 74.6 Å². The Bertz CT molecular complexity index is 613. The summed E-state index contributed by atoms with van der Waals surface area (Å²) in [5.74, 6) is 1.88. The number of aliphatic hydroxyl groups is 2. The molecule has 4 nitrogen and oxygen atoms in total. The van der Waals surface area contributed by atoms with Gasteiger partial charge in [0, 0.05) is 24.7 Å². The van der Waals surface area contributed by atoms with Gasteiger partial charge in [-0.05, 0) is 68.1 Å². The number of fused-ring (bicyclic) bond motifs is 5. The van der Waals surface area contributed by atoms with Crippen molar-refractivity contribution in [1.82, 2.24) is 0 Å². The Morgan fingerprint density at radius 1 is 1.04 bits per heavy atom. The fourth-order valence-electron chi connectivity index (χ4n) is 7.60. The molecule has 0 bridgehead atoms. The Kier molecular flexibility index (Phi) is 3.81. The van der Waals surface area contributed by atoms with Crippen molar-refractivity contribution in [3.63, 3.8) is 0 Å². The van der Waals surface area contributed by atoms with Crippen LogP contribution >= 0.6 is 0 Å². The van der Waals surface area contributed by atoms with Gasteiger partial charge in [-0.2, -0.15) is 0 Å². The van der Waals surface area contributed by atoms with Crippen molar-refractivity contribution >= 4 is 11.6 Å². The molecule has 0 aliphatic heterocycles. The maximum atomic E-state index is 12.7. The largest absolute Gasteiger partial charge is 0.390 e. The molecular formula is C21H32O4. The zero-order valence-electron chi connectivity index (χ0n) is 15.8. The lowest BCUT2D eigenvalue weighted by atomic mass is 9.44. The van der Waals surface area contributed by atoms with E-state index in [9.17, 15) is 19.8 Å². The Balaban J connectivity index is 1.68. The summed E-state index contributed by atoms with van der Waals surface area (Å²) >= 11 is 0. The molecule has 1 unspecified atom stereocenters. The molecule has 4 heteroatoms. The fraction of sp³-hybridized carbons (Fsp3) is 0.905. The first-order chi connectivity index (χ1) is 11.6. The van der Waals surface area contributed by atoms with Gasteiger partial charge >= 0.3 is 0 Å². The van der Waals surface area contributed by atoms with Crippen LogP contribution in [-0.2, 0) is 9.59 Å². The highest BCUT2D eigenvalue weighted by Crippen LogP contribution is 2.67. The highest BCUT2D eigenvalue weighted by molar-refractivity contribution is 5.91. The van der Waals surface area contributed by atoms with Gasteiger partial charge in [-0.3, -0.25) is 9.59 Å². The molecular weight excluding hydrogens is 316 g/mol. The number of ketones is 2. The van der Waals surface area contributed by atoms with Gasteiger partial charge in [-0.1, -0.05) is 13.8 Å². The molecule has 0 spiro atoms. The number of hydrogen-bond acceptors (Lipinski definition) is 4. The number of hydrogen-bond donors (Lipinski definition) is 2. The first kappa shape index (κ1) is 17.7. The van der Waals surface area contributed by atoms with Crippen LogP contribution in [0, 0.1) is 34.5 Å². The van der Waals surface area contributed by atoms with E-state index in [-0.39, 0.29) is 17.1 Å². The summed E-state index contributed by atoms with van der Waals surface area (Å²) in [5, 5.41) is 21.4. The summed E-state index contributed by atoms with van der Waals surface area (Å²) in [4.78, 5) is 24.7. The quantitative estimate of drug-likeness (QED) is 0.764. The molecule has 0 radical (unpaired) electrons. The highest BCUT2D eigenvalue weighted by atomic mass is 16.4. The monoisotopic (exact) mass is 348 g/mol. The van der Waals surface area contributed by atoms with Crippen LogP contribution in [0.4, 0.5) is 0 Å². The van der Waals surface area contributed by atoms with Crippen molar-refractivity contribution in [2.45, 2.75) is 83.8 Å². The summed E-state index contributed by atoms with van der Waals surface area (Å²) < 4.78 is 0. The van der Waals surface area contributed by atoms with E-state index in [1.165, 1.54) is 0 Å². The summed E-state index contributed by atoms with van der Waals surface area (Å²) in [7, 11) is 0. The van der Waals surface area contributed by atoms with Crippen molar-refractivity contribution in [3.8, 4) is 0 Å². The molecule has 4 saturated carbocycles. The maximum Gasteiger partial charge on any atom is 0.167 e. The standard InChI is InChI=1S/C21H32O4/c1-12(22)21(25)18(24)11-17-15-5-4-13-10-14(23)6-8-19(13,2)16(15)7-9-20(17,21)3/h12-13,15-17,22,25H,4-11H2,1-3H3/t12-,13?,15-,16+,17+,19+,20+,21-/m1/s1. The van der Waals surface area contributed by atoms with Crippen molar-refractivity contribution in [2.75, 3.05) is 0 Å².